The second-order valence-corrected chi connectivity index (χ2v) is 8.45. The van der Waals surface area contributed by atoms with Crippen LogP contribution in [-0.2, 0) is 6.54 Å². The summed E-state index contributed by atoms with van der Waals surface area (Å²) in [5, 5.41) is 5.93. The van der Waals surface area contributed by atoms with Crippen molar-refractivity contribution in [3.8, 4) is 11.6 Å². The van der Waals surface area contributed by atoms with Gasteiger partial charge in [0.2, 0.25) is 0 Å². The Morgan fingerprint density at radius 3 is 2.67 bits per heavy atom. The van der Waals surface area contributed by atoms with E-state index in [0.29, 0.717) is 28.6 Å². The van der Waals surface area contributed by atoms with Crippen molar-refractivity contribution in [1.29, 1.82) is 0 Å². The molecule has 0 aliphatic heterocycles. The fourth-order valence-electron chi connectivity index (χ4n) is 3.52. The van der Waals surface area contributed by atoms with Crippen molar-refractivity contribution < 1.29 is 9.53 Å². The molecule has 33 heavy (non-hydrogen) atoms. The number of aromatic nitrogens is 4. The summed E-state index contributed by atoms with van der Waals surface area (Å²) in [6.07, 6.45) is 5.80. The molecule has 5 rings (SSSR count). The fraction of sp³-hybridized carbons (Fsp3) is 0.208. The lowest BCUT2D eigenvalue weighted by Crippen LogP contribution is -2.34. The molecule has 0 radical (unpaired) electrons. The Kier molecular flexibility index (Phi) is 5.70. The summed E-state index contributed by atoms with van der Waals surface area (Å²) < 4.78 is 8.02. The number of carbonyl (C=O) groups is 1. The van der Waals surface area contributed by atoms with Gasteiger partial charge in [0.25, 0.3) is 11.8 Å². The first-order valence-corrected chi connectivity index (χ1v) is 11.1. The topological polar surface area (TPSA) is 94.0 Å². The van der Waals surface area contributed by atoms with Gasteiger partial charge in [-0.2, -0.15) is 4.98 Å². The highest BCUT2D eigenvalue weighted by atomic mass is 32.1. The van der Waals surface area contributed by atoms with Gasteiger partial charge in [-0.25, -0.2) is 9.97 Å². The lowest BCUT2D eigenvalue weighted by atomic mass is 10.1. The van der Waals surface area contributed by atoms with E-state index in [9.17, 15) is 4.79 Å². The van der Waals surface area contributed by atoms with Crippen LogP contribution < -0.4 is 15.4 Å². The Morgan fingerprint density at radius 2 is 1.91 bits per heavy atom. The molecule has 1 amide bonds. The van der Waals surface area contributed by atoms with Gasteiger partial charge in [-0.05, 0) is 73.8 Å². The molecule has 8 nitrogen and oxygen atoms in total. The molecule has 0 saturated heterocycles. The summed E-state index contributed by atoms with van der Waals surface area (Å²) in [6.45, 7) is 2.81. The second kappa shape index (κ2) is 8.95. The number of nitrogens with zero attached hydrogens (tertiary/aromatic N) is 4. The minimum atomic E-state index is -0.251. The first-order chi connectivity index (χ1) is 16.1. The summed E-state index contributed by atoms with van der Waals surface area (Å²) in [4.78, 5) is 25.5. The van der Waals surface area contributed by atoms with Crippen molar-refractivity contribution in [2.75, 3.05) is 5.32 Å². The monoisotopic (exact) mass is 458 g/mol. The van der Waals surface area contributed by atoms with E-state index in [0.717, 1.165) is 23.4 Å². The van der Waals surface area contributed by atoms with Crippen LogP contribution in [0.5, 0.6) is 11.6 Å². The van der Waals surface area contributed by atoms with Crippen molar-refractivity contribution in [3.05, 3.63) is 72.3 Å². The van der Waals surface area contributed by atoms with Crippen molar-refractivity contribution in [2.24, 2.45) is 5.92 Å². The maximum Gasteiger partial charge on any atom is 0.257 e. The second-order valence-electron chi connectivity index (χ2n) is 8.04. The Balaban J connectivity index is 1.23. The Bertz CT molecular complexity index is 1330. The molecule has 0 bridgehead atoms. The molecule has 1 saturated carbocycles. The first kappa shape index (κ1) is 21.0. The summed E-state index contributed by atoms with van der Waals surface area (Å²) >= 11 is 5.28. The molecule has 2 heterocycles. The number of amides is 1. The van der Waals surface area contributed by atoms with Crippen LogP contribution in [-0.4, -0.2) is 30.5 Å². The molecular weight excluding hydrogens is 436 g/mol. The Labute approximate surface area is 196 Å². The van der Waals surface area contributed by atoms with Crippen LogP contribution in [0.25, 0.3) is 11.2 Å². The highest BCUT2D eigenvalue weighted by Crippen LogP contribution is 2.32. The van der Waals surface area contributed by atoms with Crippen LogP contribution in [0.15, 0.2) is 61.2 Å². The molecule has 2 aromatic carbocycles. The normalized spacial score (nSPS) is 13.0. The number of hydrogen-bond donors (Lipinski definition) is 2. The number of ether oxygens (including phenoxy) is 1. The van der Waals surface area contributed by atoms with Crippen LogP contribution in [0.4, 0.5) is 5.69 Å². The number of anilines is 1. The van der Waals surface area contributed by atoms with Gasteiger partial charge in [0.1, 0.15) is 12.1 Å². The molecule has 1 fully saturated rings. The highest BCUT2D eigenvalue weighted by molar-refractivity contribution is 7.80. The van der Waals surface area contributed by atoms with E-state index in [1.165, 1.54) is 19.2 Å². The van der Waals surface area contributed by atoms with E-state index in [4.69, 9.17) is 17.0 Å². The summed E-state index contributed by atoms with van der Waals surface area (Å²) in [5.41, 5.74) is 3.61. The maximum atomic E-state index is 12.4. The van der Waals surface area contributed by atoms with Gasteiger partial charge in [0.15, 0.2) is 16.3 Å². The largest absolute Gasteiger partial charge is 0.437 e. The molecule has 9 heteroatoms. The van der Waals surface area contributed by atoms with E-state index >= 15 is 0 Å². The Hall–Kier alpha value is -3.85. The SMILES string of the molecule is Cc1ccccc1C(=O)NC(=S)Nc1ccc(Oc2ncnc3c2ncn3CC2CC2)cc1. The summed E-state index contributed by atoms with van der Waals surface area (Å²) in [6, 6.07) is 14.6. The Morgan fingerprint density at radius 1 is 1.12 bits per heavy atom. The molecule has 0 unspecified atom stereocenters. The van der Waals surface area contributed by atoms with E-state index in [2.05, 4.69) is 30.2 Å². The zero-order valence-corrected chi connectivity index (χ0v) is 18.8. The smallest absolute Gasteiger partial charge is 0.257 e. The minimum Gasteiger partial charge on any atom is -0.437 e. The van der Waals surface area contributed by atoms with E-state index in [1.54, 1.807) is 24.5 Å². The molecular formula is C24H22N6O2S. The number of hydrogen-bond acceptors (Lipinski definition) is 6. The van der Waals surface area contributed by atoms with Gasteiger partial charge in [-0.15, -0.1) is 0 Å². The maximum absolute atomic E-state index is 12.4. The van der Waals surface area contributed by atoms with Crippen LogP contribution in [0.2, 0.25) is 0 Å². The third kappa shape index (κ3) is 4.83. The first-order valence-electron chi connectivity index (χ1n) is 10.7. The number of aryl methyl sites for hydroxylation is 1. The highest BCUT2D eigenvalue weighted by Gasteiger charge is 2.23. The molecule has 4 aromatic rings. The quantitative estimate of drug-likeness (QED) is 0.412. The zero-order chi connectivity index (χ0) is 22.8. The molecule has 0 spiro atoms. The van der Waals surface area contributed by atoms with Crippen LogP contribution in [0, 0.1) is 12.8 Å². The van der Waals surface area contributed by atoms with Crippen LogP contribution >= 0.6 is 12.2 Å². The number of rotatable bonds is 6. The van der Waals surface area contributed by atoms with Gasteiger partial charge in [0, 0.05) is 17.8 Å². The molecule has 2 aromatic heterocycles. The molecule has 0 atom stereocenters. The predicted octanol–water partition coefficient (Wildman–Crippen LogP) is 4.46. The third-order valence-electron chi connectivity index (χ3n) is 5.46. The van der Waals surface area contributed by atoms with Crippen LogP contribution in [0.1, 0.15) is 28.8 Å². The third-order valence-corrected chi connectivity index (χ3v) is 5.67. The summed E-state index contributed by atoms with van der Waals surface area (Å²) in [7, 11) is 0. The summed E-state index contributed by atoms with van der Waals surface area (Å²) in [5.74, 6) is 1.48. The molecule has 2 N–H and O–H groups in total. The van der Waals surface area contributed by atoms with Gasteiger partial charge in [-0.1, -0.05) is 18.2 Å². The fourth-order valence-corrected chi connectivity index (χ4v) is 3.74. The van der Waals surface area contributed by atoms with E-state index in [1.807, 2.05) is 37.3 Å². The molecule has 1 aliphatic rings. The van der Waals surface area contributed by atoms with Crippen molar-refractivity contribution in [3.63, 3.8) is 0 Å². The van der Waals surface area contributed by atoms with Gasteiger partial charge in [0.05, 0.1) is 6.33 Å². The number of carbonyl (C=O) groups excluding carboxylic acids is 1. The standard InChI is InChI=1S/C24H22N6O2S/c1-15-4-2-3-5-19(15)22(31)29-24(33)28-17-8-10-18(11-9-17)32-23-20-21(25-13-26-23)30(14-27-20)12-16-6-7-16/h2-5,8-11,13-14,16H,6-7,12H2,1H3,(H2,28,29,31,33). The number of fused-ring (bicyclic) bond motifs is 1. The van der Waals surface area contributed by atoms with Crippen molar-refractivity contribution in [1.82, 2.24) is 24.8 Å². The van der Waals surface area contributed by atoms with Crippen molar-refractivity contribution >= 4 is 40.1 Å². The number of imidazole rings is 1. The molecule has 1 aliphatic carbocycles. The van der Waals surface area contributed by atoms with E-state index in [-0.39, 0.29) is 11.0 Å². The van der Waals surface area contributed by atoms with E-state index < -0.39 is 0 Å². The zero-order valence-electron chi connectivity index (χ0n) is 18.0. The number of nitrogens with one attached hydrogen (secondary N) is 2. The number of benzene rings is 2. The van der Waals surface area contributed by atoms with Gasteiger partial charge < -0.3 is 14.6 Å². The predicted molar refractivity (Wildman–Crippen MR) is 129 cm³/mol. The lowest BCUT2D eigenvalue weighted by molar-refractivity contribution is 0.0977. The lowest BCUT2D eigenvalue weighted by Gasteiger charge is -2.11. The van der Waals surface area contributed by atoms with Crippen molar-refractivity contribution in [2.45, 2.75) is 26.3 Å². The molecule has 166 valence electrons. The number of thiocarbonyl (C=S) groups is 1. The minimum absolute atomic E-state index is 0.218. The van der Waals surface area contributed by atoms with Gasteiger partial charge in [-0.3, -0.25) is 10.1 Å². The van der Waals surface area contributed by atoms with Gasteiger partial charge >= 0.3 is 0 Å². The van der Waals surface area contributed by atoms with Crippen LogP contribution in [0.3, 0.4) is 0 Å². The average Bonchev–Trinajstić information content (AvgIpc) is 3.53. The average molecular weight is 459 g/mol.